The van der Waals surface area contributed by atoms with Crippen molar-refractivity contribution in [3.63, 3.8) is 0 Å². The Morgan fingerprint density at radius 1 is 1.35 bits per heavy atom. The van der Waals surface area contributed by atoms with Crippen LogP contribution in [0.2, 0.25) is 0 Å². The number of fused-ring (bicyclic) bond motifs is 2. The van der Waals surface area contributed by atoms with E-state index in [1.54, 1.807) is 30.5 Å². The number of aromatic nitrogens is 4. The summed E-state index contributed by atoms with van der Waals surface area (Å²) >= 11 is 0. The third-order valence-corrected chi connectivity index (χ3v) is 5.78. The molecule has 34 heavy (non-hydrogen) atoms. The van der Waals surface area contributed by atoms with Crippen molar-refractivity contribution >= 4 is 17.7 Å². The van der Waals surface area contributed by atoms with E-state index in [4.69, 9.17) is 14.0 Å². The Morgan fingerprint density at radius 2 is 2.15 bits per heavy atom. The first-order valence-electron chi connectivity index (χ1n) is 11.6. The Morgan fingerprint density at radius 3 is 2.88 bits per heavy atom. The molecule has 0 aliphatic carbocycles. The Hall–Kier alpha value is -2.99. The number of cyclic esters (lactones) is 1. The minimum Gasteiger partial charge on any atom is -0.464 e. The van der Waals surface area contributed by atoms with Crippen molar-refractivity contribution in [3.05, 3.63) is 23.3 Å². The van der Waals surface area contributed by atoms with Gasteiger partial charge in [-0.15, -0.1) is 5.10 Å². The molecule has 3 atom stereocenters. The lowest BCUT2D eigenvalue weighted by molar-refractivity contribution is -0.144. The highest BCUT2D eigenvalue weighted by molar-refractivity contribution is 5.90. The summed E-state index contributed by atoms with van der Waals surface area (Å²) in [5, 5.41) is 18.4. The number of carbonyl (C=O) groups is 2. The molecule has 0 radical (unpaired) electrons. The number of urea groups is 1. The molecular formula is C22H35N7O5. The van der Waals surface area contributed by atoms with Crippen molar-refractivity contribution < 1.29 is 23.6 Å². The van der Waals surface area contributed by atoms with Crippen LogP contribution in [-0.2, 0) is 27.4 Å². The van der Waals surface area contributed by atoms with Crippen molar-refractivity contribution in [3.8, 4) is 0 Å². The quantitative estimate of drug-likeness (QED) is 0.635. The monoisotopic (exact) mass is 477 g/mol. The largest absolute Gasteiger partial charge is 0.464 e. The van der Waals surface area contributed by atoms with E-state index in [1.807, 2.05) is 13.1 Å². The Labute approximate surface area is 199 Å². The van der Waals surface area contributed by atoms with Gasteiger partial charge in [-0.3, -0.25) is 9.48 Å². The maximum Gasteiger partial charge on any atom is 0.321 e. The highest BCUT2D eigenvalue weighted by Crippen LogP contribution is 2.19. The van der Waals surface area contributed by atoms with Crippen molar-refractivity contribution in [2.45, 2.75) is 65.8 Å². The van der Waals surface area contributed by atoms with Gasteiger partial charge in [0.2, 0.25) is 0 Å². The fourth-order valence-corrected chi connectivity index (χ4v) is 3.57. The number of esters is 1. The number of nitrogens with one attached hydrogen (secondary N) is 2. The van der Waals surface area contributed by atoms with Crippen LogP contribution < -0.4 is 10.6 Å². The fourth-order valence-electron chi connectivity index (χ4n) is 3.57. The first kappa shape index (κ1) is 25.6. The molecule has 2 bridgehead atoms. The lowest BCUT2D eigenvalue weighted by Crippen LogP contribution is -2.44. The third-order valence-electron chi connectivity index (χ3n) is 5.78. The number of anilines is 1. The standard InChI is InChI=1S/C22H35N7O5/c1-14-9-23-15(2)12-33-20(30)7-6-8-29-10-18(25-27-29)13-32-19(14)11-28(5)22(31)24-21-16(3)26-34-17(21)4/h10,14-15,19,23H,6-9,11-13H2,1-5H3,(H,24,31)/t14-,15-,19-/m0/s1. The highest BCUT2D eigenvalue weighted by atomic mass is 16.5. The zero-order valence-electron chi connectivity index (χ0n) is 20.5. The van der Waals surface area contributed by atoms with Crippen LogP contribution in [0.1, 0.15) is 43.8 Å². The van der Waals surface area contributed by atoms with E-state index in [9.17, 15) is 9.59 Å². The summed E-state index contributed by atoms with van der Waals surface area (Å²) in [7, 11) is 1.72. The Balaban J connectivity index is 1.67. The zero-order valence-corrected chi connectivity index (χ0v) is 20.5. The second kappa shape index (κ2) is 11.9. The van der Waals surface area contributed by atoms with Gasteiger partial charge in [-0.25, -0.2) is 4.79 Å². The van der Waals surface area contributed by atoms with E-state index < -0.39 is 0 Å². The molecule has 0 unspecified atom stereocenters. The minimum atomic E-state index is -0.281. The molecule has 1 aliphatic heterocycles. The molecule has 0 fully saturated rings. The molecule has 2 N–H and O–H groups in total. The molecule has 0 saturated carbocycles. The summed E-state index contributed by atoms with van der Waals surface area (Å²) in [6.07, 6.45) is 2.49. The fraction of sp³-hybridized carbons (Fsp3) is 0.682. The van der Waals surface area contributed by atoms with Crippen LogP contribution in [0.15, 0.2) is 10.7 Å². The topological polar surface area (TPSA) is 137 Å². The van der Waals surface area contributed by atoms with Crippen LogP contribution in [0.3, 0.4) is 0 Å². The summed E-state index contributed by atoms with van der Waals surface area (Å²) < 4.78 is 18.4. The highest BCUT2D eigenvalue weighted by Gasteiger charge is 2.25. The predicted molar refractivity (Wildman–Crippen MR) is 123 cm³/mol. The van der Waals surface area contributed by atoms with E-state index in [1.165, 1.54) is 0 Å². The smallest absolute Gasteiger partial charge is 0.321 e. The molecule has 2 aromatic heterocycles. The average Bonchev–Trinajstić information content (AvgIpc) is 3.39. The predicted octanol–water partition coefficient (Wildman–Crippen LogP) is 1.88. The maximum absolute atomic E-state index is 12.8. The number of aryl methyl sites for hydroxylation is 3. The van der Waals surface area contributed by atoms with Crippen LogP contribution in [-0.4, -0.2) is 75.9 Å². The van der Waals surface area contributed by atoms with Gasteiger partial charge >= 0.3 is 12.0 Å². The number of hydrogen-bond acceptors (Lipinski definition) is 9. The molecule has 3 rings (SSSR count). The number of rotatable bonds is 3. The van der Waals surface area contributed by atoms with Crippen LogP contribution in [0, 0.1) is 19.8 Å². The van der Waals surface area contributed by atoms with Gasteiger partial charge in [0.05, 0.1) is 18.9 Å². The summed E-state index contributed by atoms with van der Waals surface area (Å²) in [5.41, 5.74) is 1.89. The molecule has 2 amide bonds. The van der Waals surface area contributed by atoms with Crippen LogP contribution >= 0.6 is 0 Å². The third kappa shape index (κ3) is 7.26. The number of hydrogen-bond donors (Lipinski definition) is 2. The van der Waals surface area contributed by atoms with E-state index >= 15 is 0 Å². The van der Waals surface area contributed by atoms with Gasteiger partial charge in [-0.05, 0) is 33.1 Å². The van der Waals surface area contributed by atoms with Crippen molar-refractivity contribution in [2.24, 2.45) is 5.92 Å². The van der Waals surface area contributed by atoms with Crippen LogP contribution in [0.4, 0.5) is 10.5 Å². The molecule has 12 heteroatoms. The van der Waals surface area contributed by atoms with E-state index in [2.05, 4.69) is 33.0 Å². The van der Waals surface area contributed by atoms with E-state index in [0.29, 0.717) is 61.9 Å². The molecule has 3 heterocycles. The maximum atomic E-state index is 12.8. The van der Waals surface area contributed by atoms with Crippen molar-refractivity contribution in [1.82, 2.24) is 30.4 Å². The Bertz CT molecular complexity index is 940. The zero-order chi connectivity index (χ0) is 24.7. The van der Waals surface area contributed by atoms with Gasteiger partial charge in [0.25, 0.3) is 0 Å². The molecule has 2 aromatic rings. The number of likely N-dealkylation sites (N-methyl/N-ethyl adjacent to an activating group) is 1. The molecule has 1 aliphatic rings. The lowest BCUT2D eigenvalue weighted by Gasteiger charge is -2.29. The molecule has 0 spiro atoms. The number of amides is 2. The van der Waals surface area contributed by atoms with Gasteiger partial charge in [-0.2, -0.15) is 0 Å². The Kier molecular flexibility index (Phi) is 8.99. The minimum absolute atomic E-state index is 0.00633. The number of ether oxygens (including phenoxy) is 2. The average molecular weight is 478 g/mol. The molecule has 0 saturated heterocycles. The molecule has 0 aromatic carbocycles. The van der Waals surface area contributed by atoms with E-state index in [-0.39, 0.29) is 36.7 Å². The first-order valence-corrected chi connectivity index (χ1v) is 11.6. The van der Waals surface area contributed by atoms with Crippen molar-refractivity contribution in [1.29, 1.82) is 0 Å². The number of carbonyl (C=O) groups excluding carboxylic acids is 2. The van der Waals surface area contributed by atoms with Gasteiger partial charge in [-0.1, -0.05) is 17.3 Å². The van der Waals surface area contributed by atoms with Crippen molar-refractivity contribution in [2.75, 3.05) is 32.1 Å². The lowest BCUT2D eigenvalue weighted by atomic mass is 10.0. The van der Waals surface area contributed by atoms with Crippen LogP contribution in [0.25, 0.3) is 0 Å². The summed E-state index contributed by atoms with van der Waals surface area (Å²) in [6, 6.07) is -0.287. The van der Waals surface area contributed by atoms with Gasteiger partial charge in [0, 0.05) is 39.1 Å². The number of nitrogens with zero attached hydrogens (tertiary/aromatic N) is 5. The summed E-state index contributed by atoms with van der Waals surface area (Å²) in [6.45, 7) is 9.66. The van der Waals surface area contributed by atoms with Gasteiger partial charge in [0.1, 0.15) is 23.7 Å². The molecule has 12 nitrogen and oxygen atoms in total. The normalized spacial score (nSPS) is 22.7. The first-order chi connectivity index (χ1) is 16.2. The van der Waals surface area contributed by atoms with E-state index in [0.717, 1.165) is 0 Å². The molecular weight excluding hydrogens is 442 g/mol. The summed E-state index contributed by atoms with van der Waals surface area (Å²) in [5.74, 6) is 0.382. The van der Waals surface area contributed by atoms with Gasteiger partial charge < -0.3 is 29.5 Å². The SMILES string of the molecule is Cc1noc(C)c1NC(=O)N(C)C[C@@H]1OCc2cn(nn2)CCCC(=O)OC[C@H](C)NC[C@@H]1C. The van der Waals surface area contributed by atoms with Gasteiger partial charge in [0.15, 0.2) is 5.76 Å². The summed E-state index contributed by atoms with van der Waals surface area (Å²) in [4.78, 5) is 26.4. The molecule has 188 valence electrons. The second-order valence-electron chi connectivity index (χ2n) is 8.91. The van der Waals surface area contributed by atoms with Crippen LogP contribution in [0.5, 0.6) is 0 Å². The second-order valence-corrected chi connectivity index (χ2v) is 8.91.